The van der Waals surface area contributed by atoms with Crippen LogP contribution in [0.5, 0.6) is 0 Å². The molecule has 0 unspecified atom stereocenters. The number of fused-ring (bicyclic) bond motifs is 6. The van der Waals surface area contributed by atoms with Crippen molar-refractivity contribution in [1.82, 2.24) is 19.9 Å². The van der Waals surface area contributed by atoms with Crippen molar-refractivity contribution in [3.05, 3.63) is 158 Å². The van der Waals surface area contributed by atoms with Gasteiger partial charge in [0.05, 0.1) is 0 Å². The fourth-order valence-electron chi connectivity index (χ4n) is 6.94. The first-order valence-electron chi connectivity index (χ1n) is 16.5. The van der Waals surface area contributed by atoms with Crippen LogP contribution in [0.4, 0.5) is 0 Å². The number of hydrogen-bond acceptors (Lipinski definition) is 6. The van der Waals surface area contributed by atoms with Crippen molar-refractivity contribution >= 4 is 43.9 Å². The lowest BCUT2D eigenvalue weighted by Crippen LogP contribution is -2.00. The van der Waals surface area contributed by atoms with Gasteiger partial charge in [-0.05, 0) is 53.6 Å². The molecule has 0 amide bonds. The van der Waals surface area contributed by atoms with E-state index in [4.69, 9.17) is 23.8 Å². The Morgan fingerprint density at radius 1 is 0.380 bits per heavy atom. The first-order valence-corrected chi connectivity index (χ1v) is 16.5. The molecule has 0 N–H and O–H groups in total. The molecule has 0 saturated carbocycles. The quantitative estimate of drug-likeness (QED) is 0.186. The lowest BCUT2D eigenvalue weighted by molar-refractivity contribution is 0.668. The van der Waals surface area contributed by atoms with Crippen molar-refractivity contribution in [3.63, 3.8) is 0 Å². The third kappa shape index (κ3) is 4.58. The summed E-state index contributed by atoms with van der Waals surface area (Å²) in [5.41, 5.74) is 9.97. The van der Waals surface area contributed by atoms with Crippen LogP contribution in [0.25, 0.3) is 100 Å². The van der Waals surface area contributed by atoms with E-state index < -0.39 is 0 Å². The Labute approximate surface area is 286 Å². The number of nitrogens with zero attached hydrogens (tertiary/aromatic N) is 4. The van der Waals surface area contributed by atoms with Gasteiger partial charge in [-0.25, -0.2) is 15.0 Å². The number of aromatic nitrogens is 4. The zero-order valence-corrected chi connectivity index (χ0v) is 26.6. The van der Waals surface area contributed by atoms with Gasteiger partial charge in [0, 0.05) is 61.8 Å². The van der Waals surface area contributed by atoms with E-state index in [0.717, 1.165) is 82.8 Å². The van der Waals surface area contributed by atoms with Gasteiger partial charge in [0.25, 0.3) is 0 Å². The van der Waals surface area contributed by atoms with Gasteiger partial charge in [0.2, 0.25) is 0 Å². The average Bonchev–Trinajstić information content (AvgIpc) is 3.77. The zero-order valence-electron chi connectivity index (χ0n) is 26.6. The number of para-hydroxylation sites is 2. The highest BCUT2D eigenvalue weighted by Gasteiger charge is 2.22. The minimum absolute atomic E-state index is 0.565. The highest BCUT2D eigenvalue weighted by Crippen LogP contribution is 2.44. The van der Waals surface area contributed by atoms with Crippen LogP contribution in [-0.2, 0) is 0 Å². The molecule has 0 aliphatic heterocycles. The van der Waals surface area contributed by atoms with Crippen LogP contribution in [0.1, 0.15) is 0 Å². The molecule has 50 heavy (non-hydrogen) atoms. The second-order valence-corrected chi connectivity index (χ2v) is 12.2. The Morgan fingerprint density at radius 3 is 1.82 bits per heavy atom. The molecule has 0 bridgehead atoms. The number of hydrogen-bond donors (Lipinski definition) is 0. The molecule has 6 heteroatoms. The van der Waals surface area contributed by atoms with Gasteiger partial charge in [-0.2, -0.15) is 0 Å². The fourth-order valence-corrected chi connectivity index (χ4v) is 6.94. The minimum atomic E-state index is 0.565. The lowest BCUT2D eigenvalue weighted by Gasteiger charge is -2.12. The summed E-state index contributed by atoms with van der Waals surface area (Å²) in [6.45, 7) is 0. The Morgan fingerprint density at radius 2 is 1.00 bits per heavy atom. The summed E-state index contributed by atoms with van der Waals surface area (Å²) in [6, 6.07) is 49.0. The van der Waals surface area contributed by atoms with Crippen LogP contribution >= 0.6 is 0 Å². The maximum atomic E-state index is 6.72. The number of pyridine rings is 1. The van der Waals surface area contributed by atoms with Crippen LogP contribution in [0.3, 0.4) is 0 Å². The smallest absolute Gasteiger partial charge is 0.164 e. The summed E-state index contributed by atoms with van der Waals surface area (Å²) in [4.78, 5) is 19.6. The van der Waals surface area contributed by atoms with Crippen LogP contribution < -0.4 is 0 Å². The Kier molecular flexibility index (Phi) is 6.39. The van der Waals surface area contributed by atoms with Crippen molar-refractivity contribution in [1.29, 1.82) is 0 Å². The molecule has 0 atom stereocenters. The van der Waals surface area contributed by atoms with Crippen LogP contribution in [0.15, 0.2) is 167 Å². The van der Waals surface area contributed by atoms with E-state index in [2.05, 4.69) is 53.5 Å². The molecule has 234 valence electrons. The van der Waals surface area contributed by atoms with Gasteiger partial charge in [0.15, 0.2) is 17.5 Å². The molecule has 6 aromatic carbocycles. The summed E-state index contributed by atoms with van der Waals surface area (Å²) in [5, 5.41) is 4.06. The third-order valence-corrected chi connectivity index (χ3v) is 9.24. The molecule has 10 aromatic rings. The standard InChI is InChI=1S/C44H26N4O2/c1-2-11-27(12-3-1)42-46-43(29-14-8-13-28(25-29)30-15-10-24-45-26-30)48-44(47-42)35-23-22-32(41-40(35)34-17-5-7-20-37(34)50-41)31-18-9-21-38-39(31)33-16-4-6-19-36(33)49-38/h1-26H. The first kappa shape index (κ1) is 28.1. The predicted octanol–water partition coefficient (Wildman–Crippen LogP) is 11.4. The molecule has 0 aliphatic carbocycles. The number of furan rings is 2. The molecule has 10 rings (SSSR count). The first-order chi connectivity index (χ1) is 24.8. The van der Waals surface area contributed by atoms with Crippen molar-refractivity contribution in [2.24, 2.45) is 0 Å². The van der Waals surface area contributed by atoms with Crippen molar-refractivity contribution in [2.75, 3.05) is 0 Å². The number of benzene rings is 6. The molecule has 0 saturated heterocycles. The SMILES string of the molecule is c1ccc(-c2nc(-c3cccc(-c4cccnc4)c3)nc(-c3ccc(-c4cccc5oc6ccccc6c45)c4oc5ccccc5c34)n2)cc1. The third-order valence-electron chi connectivity index (χ3n) is 9.24. The maximum Gasteiger partial charge on any atom is 0.164 e. The van der Waals surface area contributed by atoms with Gasteiger partial charge < -0.3 is 8.83 Å². The summed E-state index contributed by atoms with van der Waals surface area (Å²) >= 11 is 0. The van der Waals surface area contributed by atoms with Gasteiger partial charge in [-0.15, -0.1) is 0 Å². The highest BCUT2D eigenvalue weighted by molar-refractivity contribution is 6.20. The number of rotatable bonds is 5. The normalized spacial score (nSPS) is 11.6. The fraction of sp³-hybridized carbons (Fsp3) is 0. The van der Waals surface area contributed by atoms with Gasteiger partial charge in [0.1, 0.15) is 22.3 Å². The molecule has 0 radical (unpaired) electrons. The van der Waals surface area contributed by atoms with E-state index >= 15 is 0 Å². The summed E-state index contributed by atoms with van der Waals surface area (Å²) in [6.07, 6.45) is 3.64. The highest BCUT2D eigenvalue weighted by atomic mass is 16.3. The topological polar surface area (TPSA) is 77.8 Å². The Bertz CT molecular complexity index is 2880. The van der Waals surface area contributed by atoms with E-state index in [1.807, 2.05) is 103 Å². The molecular formula is C44H26N4O2. The van der Waals surface area contributed by atoms with Crippen LogP contribution in [-0.4, -0.2) is 19.9 Å². The molecule has 6 nitrogen and oxygen atoms in total. The van der Waals surface area contributed by atoms with E-state index in [-0.39, 0.29) is 0 Å². The minimum Gasteiger partial charge on any atom is -0.456 e. The summed E-state index contributed by atoms with van der Waals surface area (Å²) in [5.74, 6) is 1.74. The average molecular weight is 643 g/mol. The van der Waals surface area contributed by atoms with E-state index in [9.17, 15) is 0 Å². The largest absolute Gasteiger partial charge is 0.456 e. The van der Waals surface area contributed by atoms with Gasteiger partial charge in [-0.1, -0.05) is 103 Å². The van der Waals surface area contributed by atoms with Gasteiger partial charge in [-0.3, -0.25) is 4.98 Å². The van der Waals surface area contributed by atoms with Crippen molar-refractivity contribution in [3.8, 4) is 56.4 Å². The maximum absolute atomic E-state index is 6.72. The summed E-state index contributed by atoms with van der Waals surface area (Å²) in [7, 11) is 0. The molecule has 4 heterocycles. The predicted molar refractivity (Wildman–Crippen MR) is 199 cm³/mol. The van der Waals surface area contributed by atoms with E-state index in [0.29, 0.717) is 17.5 Å². The molecular weight excluding hydrogens is 617 g/mol. The van der Waals surface area contributed by atoms with E-state index in [1.165, 1.54) is 0 Å². The second kappa shape index (κ2) is 11.4. The summed E-state index contributed by atoms with van der Waals surface area (Å²) < 4.78 is 13.0. The molecule has 0 spiro atoms. The molecule has 0 aliphatic rings. The molecule has 4 aromatic heterocycles. The van der Waals surface area contributed by atoms with Crippen LogP contribution in [0.2, 0.25) is 0 Å². The van der Waals surface area contributed by atoms with Crippen molar-refractivity contribution in [2.45, 2.75) is 0 Å². The van der Waals surface area contributed by atoms with E-state index in [1.54, 1.807) is 6.20 Å². The monoisotopic (exact) mass is 642 g/mol. The molecule has 0 fully saturated rings. The lowest BCUT2D eigenvalue weighted by atomic mass is 9.95. The Balaban J connectivity index is 1.23. The second-order valence-electron chi connectivity index (χ2n) is 12.2. The zero-order chi connectivity index (χ0) is 33.0. The van der Waals surface area contributed by atoms with Crippen LogP contribution in [0, 0.1) is 0 Å². The van der Waals surface area contributed by atoms with Crippen molar-refractivity contribution < 1.29 is 8.83 Å². The Hall–Kier alpha value is -6.92. The van der Waals surface area contributed by atoms with Gasteiger partial charge >= 0.3 is 0 Å².